The van der Waals surface area contributed by atoms with Gasteiger partial charge in [-0.1, -0.05) is 34.6 Å². The Labute approximate surface area is 137 Å². The number of amides is 2. The molecule has 0 saturated carbocycles. The lowest BCUT2D eigenvalue weighted by atomic mass is 9.93. The van der Waals surface area contributed by atoms with Crippen LogP contribution in [0.25, 0.3) is 0 Å². The molecule has 2 atom stereocenters. The number of aliphatic hydroxyl groups excluding tert-OH is 1. The quantitative estimate of drug-likeness (QED) is 0.751. The number of thiazole rings is 1. The highest BCUT2D eigenvalue weighted by Gasteiger charge is 2.21. The minimum atomic E-state index is -0.216. The number of nitrogens with zero attached hydrogens (tertiary/aromatic N) is 1. The maximum Gasteiger partial charge on any atom is 0.315 e. The summed E-state index contributed by atoms with van der Waals surface area (Å²) < 4.78 is 0. The van der Waals surface area contributed by atoms with Gasteiger partial charge in [0.25, 0.3) is 0 Å². The molecule has 22 heavy (non-hydrogen) atoms. The summed E-state index contributed by atoms with van der Waals surface area (Å²) in [4.78, 5) is 16.7. The number of carbonyl (C=O) groups excluding carboxylic acids is 1. The predicted octanol–water partition coefficient (Wildman–Crippen LogP) is 3.21. The highest BCUT2D eigenvalue weighted by molar-refractivity contribution is 7.09. The molecule has 0 aromatic carbocycles. The number of hydrogen-bond acceptors (Lipinski definition) is 4. The molecule has 2 unspecified atom stereocenters. The summed E-state index contributed by atoms with van der Waals surface area (Å²) in [5, 5.41) is 17.9. The Hall–Kier alpha value is -1.14. The summed E-state index contributed by atoms with van der Waals surface area (Å²) in [6, 6.07) is -0.381. The second-order valence-corrected chi connectivity index (χ2v) is 7.91. The van der Waals surface area contributed by atoms with Crippen molar-refractivity contribution in [2.75, 3.05) is 6.61 Å². The normalized spacial score (nSPS) is 14.7. The molecule has 2 amide bonds. The van der Waals surface area contributed by atoms with Crippen LogP contribution in [0.15, 0.2) is 5.38 Å². The van der Waals surface area contributed by atoms with E-state index in [1.54, 1.807) is 11.3 Å². The van der Waals surface area contributed by atoms with Gasteiger partial charge in [-0.2, -0.15) is 0 Å². The summed E-state index contributed by atoms with van der Waals surface area (Å²) in [6.07, 6.45) is 0.560. The fourth-order valence-corrected chi connectivity index (χ4v) is 3.06. The zero-order valence-corrected chi connectivity index (χ0v) is 15.3. The molecular formula is C16H29N3O2S. The minimum absolute atomic E-state index is 0.0145. The van der Waals surface area contributed by atoms with Crippen LogP contribution in [-0.2, 0) is 5.41 Å². The number of aromatic nitrogens is 1. The van der Waals surface area contributed by atoms with Crippen LogP contribution in [0, 0.1) is 5.92 Å². The first-order valence-electron chi connectivity index (χ1n) is 7.79. The van der Waals surface area contributed by atoms with Gasteiger partial charge in [0.2, 0.25) is 0 Å². The van der Waals surface area contributed by atoms with E-state index in [0.29, 0.717) is 6.42 Å². The fourth-order valence-electron chi connectivity index (χ4n) is 2.01. The minimum Gasteiger partial charge on any atom is -0.396 e. The molecule has 0 spiro atoms. The monoisotopic (exact) mass is 327 g/mol. The zero-order chi connectivity index (χ0) is 16.9. The van der Waals surface area contributed by atoms with Crippen molar-refractivity contribution in [1.29, 1.82) is 0 Å². The van der Waals surface area contributed by atoms with Gasteiger partial charge in [0.1, 0.15) is 5.01 Å². The number of hydrogen-bond donors (Lipinski definition) is 3. The molecule has 0 aliphatic carbocycles. The van der Waals surface area contributed by atoms with E-state index in [1.807, 2.05) is 26.2 Å². The van der Waals surface area contributed by atoms with Crippen molar-refractivity contribution < 1.29 is 9.90 Å². The van der Waals surface area contributed by atoms with E-state index in [1.165, 1.54) is 0 Å². The summed E-state index contributed by atoms with van der Waals surface area (Å²) in [5.41, 5.74) is 1.06. The first kappa shape index (κ1) is 18.9. The van der Waals surface area contributed by atoms with E-state index >= 15 is 0 Å². The Bertz CT molecular complexity index is 480. The first-order chi connectivity index (χ1) is 10.1. The van der Waals surface area contributed by atoms with Crippen molar-refractivity contribution in [3.8, 4) is 0 Å². The Kier molecular flexibility index (Phi) is 6.81. The molecule has 1 aromatic rings. The molecule has 126 valence electrons. The van der Waals surface area contributed by atoms with Gasteiger partial charge in [-0.05, 0) is 19.3 Å². The number of nitrogens with one attached hydrogen (secondary N) is 2. The molecule has 1 heterocycles. The molecule has 0 saturated heterocycles. The van der Waals surface area contributed by atoms with Crippen LogP contribution in [0.3, 0.4) is 0 Å². The molecule has 5 nitrogen and oxygen atoms in total. The molecule has 1 rings (SSSR count). The number of aliphatic hydroxyl groups is 1. The Morgan fingerprint density at radius 1 is 1.32 bits per heavy atom. The third kappa shape index (κ3) is 5.57. The summed E-state index contributed by atoms with van der Waals surface area (Å²) in [5.74, 6) is 0.278. The number of rotatable bonds is 6. The summed E-state index contributed by atoms with van der Waals surface area (Å²) in [6.45, 7) is 12.4. The van der Waals surface area contributed by atoms with Gasteiger partial charge in [-0.25, -0.2) is 9.78 Å². The van der Waals surface area contributed by atoms with Gasteiger partial charge in [-0.15, -0.1) is 11.3 Å². The Morgan fingerprint density at radius 2 is 1.95 bits per heavy atom. The van der Waals surface area contributed by atoms with E-state index in [9.17, 15) is 4.79 Å². The summed E-state index contributed by atoms with van der Waals surface area (Å²) >= 11 is 1.57. The molecule has 0 fully saturated rings. The van der Waals surface area contributed by atoms with Crippen molar-refractivity contribution >= 4 is 17.4 Å². The van der Waals surface area contributed by atoms with E-state index in [4.69, 9.17) is 5.11 Å². The van der Waals surface area contributed by atoms with Crippen molar-refractivity contribution in [1.82, 2.24) is 15.6 Å². The maximum atomic E-state index is 12.1. The van der Waals surface area contributed by atoms with E-state index in [-0.39, 0.29) is 36.1 Å². The van der Waals surface area contributed by atoms with E-state index < -0.39 is 0 Å². The molecule has 0 radical (unpaired) electrons. The van der Waals surface area contributed by atoms with Crippen molar-refractivity contribution in [3.63, 3.8) is 0 Å². The van der Waals surface area contributed by atoms with Gasteiger partial charge in [-0.3, -0.25) is 0 Å². The lowest BCUT2D eigenvalue weighted by Crippen LogP contribution is -2.45. The van der Waals surface area contributed by atoms with Crippen LogP contribution in [-0.4, -0.2) is 28.8 Å². The summed E-state index contributed by atoms with van der Waals surface area (Å²) in [7, 11) is 0. The molecule has 3 N–H and O–H groups in total. The lowest BCUT2D eigenvalue weighted by Gasteiger charge is -2.23. The molecule has 1 aromatic heterocycles. The average molecular weight is 327 g/mol. The Morgan fingerprint density at radius 3 is 2.41 bits per heavy atom. The van der Waals surface area contributed by atoms with Gasteiger partial charge < -0.3 is 15.7 Å². The first-order valence-corrected chi connectivity index (χ1v) is 8.67. The van der Waals surface area contributed by atoms with Crippen LogP contribution < -0.4 is 10.6 Å². The van der Waals surface area contributed by atoms with Crippen LogP contribution in [0.4, 0.5) is 4.79 Å². The van der Waals surface area contributed by atoms with Gasteiger partial charge in [0.15, 0.2) is 0 Å². The van der Waals surface area contributed by atoms with E-state index in [2.05, 4.69) is 36.4 Å². The largest absolute Gasteiger partial charge is 0.396 e. The third-order valence-electron chi connectivity index (χ3n) is 3.57. The molecular weight excluding hydrogens is 298 g/mol. The topological polar surface area (TPSA) is 74.2 Å². The molecule has 0 bridgehead atoms. The van der Waals surface area contributed by atoms with Gasteiger partial charge >= 0.3 is 6.03 Å². The SMILES string of the molecule is CC(NC(=O)NC(CCO)C(C)C)c1nc(C(C)(C)C)cs1. The van der Waals surface area contributed by atoms with Crippen molar-refractivity contribution in [3.05, 3.63) is 16.1 Å². The predicted molar refractivity (Wildman–Crippen MR) is 91.2 cm³/mol. The second kappa shape index (κ2) is 7.92. The van der Waals surface area contributed by atoms with Crippen LogP contribution in [0.2, 0.25) is 0 Å². The van der Waals surface area contributed by atoms with Gasteiger partial charge in [0.05, 0.1) is 11.7 Å². The lowest BCUT2D eigenvalue weighted by molar-refractivity contribution is 0.216. The highest BCUT2D eigenvalue weighted by Crippen LogP contribution is 2.26. The van der Waals surface area contributed by atoms with E-state index in [0.717, 1.165) is 10.7 Å². The Balaban J connectivity index is 2.62. The average Bonchev–Trinajstić information content (AvgIpc) is 2.87. The number of urea groups is 1. The standard InChI is InChI=1S/C16H29N3O2S/c1-10(2)12(7-8-20)18-15(21)17-11(3)14-19-13(9-22-14)16(4,5)6/h9-12,20H,7-8H2,1-6H3,(H2,17,18,21). The highest BCUT2D eigenvalue weighted by atomic mass is 32.1. The number of carbonyl (C=O) groups is 1. The maximum absolute atomic E-state index is 12.1. The van der Waals surface area contributed by atoms with Crippen molar-refractivity contribution in [2.24, 2.45) is 5.92 Å². The third-order valence-corrected chi connectivity index (χ3v) is 4.60. The zero-order valence-electron chi connectivity index (χ0n) is 14.4. The fraction of sp³-hybridized carbons (Fsp3) is 0.750. The van der Waals surface area contributed by atoms with Crippen molar-refractivity contribution in [2.45, 2.75) is 65.5 Å². The van der Waals surface area contributed by atoms with Crippen LogP contribution >= 0.6 is 11.3 Å². The molecule has 0 aliphatic rings. The van der Waals surface area contributed by atoms with Crippen LogP contribution in [0.1, 0.15) is 64.7 Å². The van der Waals surface area contributed by atoms with Crippen LogP contribution in [0.5, 0.6) is 0 Å². The molecule has 6 heteroatoms. The molecule has 0 aliphatic heterocycles. The smallest absolute Gasteiger partial charge is 0.315 e. The van der Waals surface area contributed by atoms with Gasteiger partial charge in [0, 0.05) is 23.4 Å². The second-order valence-electron chi connectivity index (χ2n) is 7.02.